The molecule has 1 aromatic heterocycles. The second kappa shape index (κ2) is 4.43. The lowest BCUT2D eigenvalue weighted by Gasteiger charge is -2.16. The molecule has 4 nitrogen and oxygen atoms in total. The van der Waals surface area contributed by atoms with Gasteiger partial charge in [-0.2, -0.15) is 13.2 Å². The van der Waals surface area contributed by atoms with E-state index in [-0.39, 0.29) is 12.4 Å². The zero-order valence-corrected chi connectivity index (χ0v) is 7.95. The number of rotatable bonds is 3. The molecule has 0 aliphatic rings. The molecular weight excluding hydrogens is 211 g/mol. The lowest BCUT2D eigenvalue weighted by atomic mass is 10.4. The van der Waals surface area contributed by atoms with Crippen LogP contribution in [0.5, 0.6) is 5.88 Å². The molecule has 7 heteroatoms. The smallest absolute Gasteiger partial charge is 0.425 e. The van der Waals surface area contributed by atoms with Crippen molar-refractivity contribution < 1.29 is 17.9 Å². The molecule has 1 rings (SSSR count). The first-order valence-electron chi connectivity index (χ1n) is 4.18. The fourth-order valence-electron chi connectivity index (χ4n) is 0.801. The molecule has 1 unspecified atom stereocenters. The quantitative estimate of drug-likeness (QED) is 0.834. The highest BCUT2D eigenvalue weighted by Crippen LogP contribution is 2.23. The Labute approximate surface area is 84.3 Å². The van der Waals surface area contributed by atoms with Crippen LogP contribution in [0.25, 0.3) is 0 Å². The molecule has 15 heavy (non-hydrogen) atoms. The summed E-state index contributed by atoms with van der Waals surface area (Å²) in [6.07, 6.45) is -5.20. The van der Waals surface area contributed by atoms with E-state index in [0.29, 0.717) is 5.69 Å². The molecule has 0 amide bonds. The van der Waals surface area contributed by atoms with Gasteiger partial charge in [-0.25, -0.2) is 9.97 Å². The largest absolute Gasteiger partial charge is 0.465 e. The van der Waals surface area contributed by atoms with Crippen molar-refractivity contribution in [2.24, 2.45) is 5.73 Å². The first-order valence-corrected chi connectivity index (χ1v) is 4.18. The van der Waals surface area contributed by atoms with Gasteiger partial charge < -0.3 is 10.5 Å². The van der Waals surface area contributed by atoms with Crippen molar-refractivity contribution in [1.29, 1.82) is 0 Å². The van der Waals surface area contributed by atoms with Crippen LogP contribution in [0.2, 0.25) is 0 Å². The van der Waals surface area contributed by atoms with Crippen LogP contribution >= 0.6 is 0 Å². The predicted molar refractivity (Wildman–Crippen MR) is 46.1 cm³/mol. The van der Waals surface area contributed by atoms with E-state index in [2.05, 4.69) is 14.7 Å². The van der Waals surface area contributed by atoms with Crippen molar-refractivity contribution in [2.45, 2.75) is 25.7 Å². The van der Waals surface area contributed by atoms with Crippen LogP contribution in [0.4, 0.5) is 13.2 Å². The SMILES string of the molecule is CC(Oc1cc(CN)ncn1)C(F)(F)F. The maximum atomic E-state index is 12.1. The highest BCUT2D eigenvalue weighted by Gasteiger charge is 2.38. The second-order valence-corrected chi connectivity index (χ2v) is 2.85. The van der Waals surface area contributed by atoms with Crippen molar-refractivity contribution in [2.75, 3.05) is 0 Å². The van der Waals surface area contributed by atoms with Gasteiger partial charge in [-0.1, -0.05) is 0 Å². The Morgan fingerprint density at radius 2 is 2.13 bits per heavy atom. The summed E-state index contributed by atoms with van der Waals surface area (Å²) in [7, 11) is 0. The molecule has 1 aromatic rings. The van der Waals surface area contributed by atoms with Crippen LogP contribution in [-0.4, -0.2) is 22.2 Å². The standard InChI is InChI=1S/C8H10F3N3O/c1-5(8(9,10)11)15-7-2-6(3-12)13-4-14-7/h2,4-5H,3,12H2,1H3. The third-order valence-corrected chi connectivity index (χ3v) is 1.67. The minimum atomic E-state index is -4.41. The van der Waals surface area contributed by atoms with Gasteiger partial charge in [0.25, 0.3) is 0 Å². The minimum absolute atomic E-state index is 0.124. The molecule has 84 valence electrons. The van der Waals surface area contributed by atoms with Gasteiger partial charge in [-0.05, 0) is 6.92 Å². The predicted octanol–water partition coefficient (Wildman–Crippen LogP) is 1.26. The summed E-state index contributed by atoms with van der Waals surface area (Å²) in [5.74, 6) is -0.129. The summed E-state index contributed by atoms with van der Waals surface area (Å²) in [5, 5.41) is 0. The molecule has 0 saturated carbocycles. The molecule has 0 aliphatic heterocycles. The van der Waals surface area contributed by atoms with E-state index in [1.165, 1.54) is 6.07 Å². The first kappa shape index (κ1) is 11.7. The average molecular weight is 221 g/mol. The van der Waals surface area contributed by atoms with Gasteiger partial charge in [0.05, 0.1) is 5.69 Å². The highest BCUT2D eigenvalue weighted by molar-refractivity contribution is 5.13. The lowest BCUT2D eigenvalue weighted by Crippen LogP contribution is -2.31. The van der Waals surface area contributed by atoms with Crippen molar-refractivity contribution in [3.05, 3.63) is 18.1 Å². The molecule has 0 saturated heterocycles. The Morgan fingerprint density at radius 3 is 2.67 bits per heavy atom. The summed E-state index contributed by atoms with van der Waals surface area (Å²) in [4.78, 5) is 7.28. The van der Waals surface area contributed by atoms with Gasteiger partial charge in [0, 0.05) is 12.6 Å². The van der Waals surface area contributed by atoms with Gasteiger partial charge in [-0.3, -0.25) is 0 Å². The average Bonchev–Trinajstić information content (AvgIpc) is 2.16. The Kier molecular flexibility index (Phi) is 3.46. The van der Waals surface area contributed by atoms with Gasteiger partial charge >= 0.3 is 6.18 Å². The number of ether oxygens (including phenoxy) is 1. The van der Waals surface area contributed by atoms with E-state index in [0.717, 1.165) is 13.3 Å². The van der Waals surface area contributed by atoms with Crippen LogP contribution in [-0.2, 0) is 6.54 Å². The first-order chi connectivity index (χ1) is 6.93. The maximum absolute atomic E-state index is 12.1. The van der Waals surface area contributed by atoms with Crippen LogP contribution in [0, 0.1) is 0 Å². The van der Waals surface area contributed by atoms with Crippen molar-refractivity contribution >= 4 is 0 Å². The van der Waals surface area contributed by atoms with Gasteiger partial charge in [0.15, 0.2) is 6.10 Å². The molecular formula is C8H10F3N3O. The van der Waals surface area contributed by atoms with E-state index in [9.17, 15) is 13.2 Å². The summed E-state index contributed by atoms with van der Waals surface area (Å²) < 4.78 is 41.0. The van der Waals surface area contributed by atoms with Crippen LogP contribution in [0.3, 0.4) is 0 Å². The topological polar surface area (TPSA) is 61.0 Å². The number of aromatic nitrogens is 2. The van der Waals surface area contributed by atoms with E-state index < -0.39 is 12.3 Å². The molecule has 0 radical (unpaired) electrons. The van der Waals surface area contributed by atoms with Gasteiger partial charge in [-0.15, -0.1) is 0 Å². The van der Waals surface area contributed by atoms with Crippen LogP contribution in [0.1, 0.15) is 12.6 Å². The molecule has 1 atom stereocenters. The monoisotopic (exact) mass is 221 g/mol. The molecule has 0 bridgehead atoms. The van der Waals surface area contributed by atoms with E-state index >= 15 is 0 Å². The van der Waals surface area contributed by atoms with E-state index in [1.54, 1.807) is 0 Å². The minimum Gasteiger partial charge on any atom is -0.465 e. The fourth-order valence-corrected chi connectivity index (χ4v) is 0.801. The fraction of sp³-hybridized carbons (Fsp3) is 0.500. The van der Waals surface area contributed by atoms with Crippen molar-refractivity contribution in [3.8, 4) is 5.88 Å². The van der Waals surface area contributed by atoms with Crippen molar-refractivity contribution in [1.82, 2.24) is 9.97 Å². The summed E-state index contributed by atoms with van der Waals surface area (Å²) in [6.45, 7) is 1.03. The Bertz CT molecular complexity index is 329. The van der Waals surface area contributed by atoms with Gasteiger partial charge in [0.2, 0.25) is 5.88 Å². The number of nitrogens with zero attached hydrogens (tertiary/aromatic N) is 2. The summed E-state index contributed by atoms with van der Waals surface area (Å²) >= 11 is 0. The molecule has 0 aromatic carbocycles. The van der Waals surface area contributed by atoms with E-state index in [1.807, 2.05) is 0 Å². The Morgan fingerprint density at radius 1 is 1.47 bits per heavy atom. The molecule has 0 fully saturated rings. The zero-order chi connectivity index (χ0) is 11.5. The molecule has 2 N–H and O–H groups in total. The van der Waals surface area contributed by atoms with Crippen LogP contribution < -0.4 is 10.5 Å². The Hall–Kier alpha value is -1.37. The highest BCUT2D eigenvalue weighted by atomic mass is 19.4. The molecule has 0 aliphatic carbocycles. The number of nitrogens with two attached hydrogens (primary N) is 1. The summed E-state index contributed by atoms with van der Waals surface area (Å²) in [6, 6.07) is 1.28. The number of hydrogen-bond donors (Lipinski definition) is 1. The second-order valence-electron chi connectivity index (χ2n) is 2.85. The van der Waals surface area contributed by atoms with E-state index in [4.69, 9.17) is 5.73 Å². The number of halogens is 3. The van der Waals surface area contributed by atoms with Crippen LogP contribution in [0.15, 0.2) is 12.4 Å². The lowest BCUT2D eigenvalue weighted by molar-refractivity contribution is -0.190. The molecule has 0 spiro atoms. The maximum Gasteiger partial charge on any atom is 0.425 e. The zero-order valence-electron chi connectivity index (χ0n) is 7.95. The number of hydrogen-bond acceptors (Lipinski definition) is 4. The Balaban J connectivity index is 2.72. The third kappa shape index (κ3) is 3.35. The number of alkyl halides is 3. The third-order valence-electron chi connectivity index (χ3n) is 1.67. The molecule has 1 heterocycles. The summed E-state index contributed by atoms with van der Waals surface area (Å²) in [5.41, 5.74) is 5.69. The normalized spacial score (nSPS) is 13.7. The van der Waals surface area contributed by atoms with Gasteiger partial charge in [0.1, 0.15) is 6.33 Å². The van der Waals surface area contributed by atoms with Crippen molar-refractivity contribution in [3.63, 3.8) is 0 Å².